The first-order chi connectivity index (χ1) is 12.8. The van der Waals surface area contributed by atoms with Crippen LogP contribution in [0.3, 0.4) is 0 Å². The predicted molar refractivity (Wildman–Crippen MR) is 100 cm³/mol. The van der Waals surface area contributed by atoms with Gasteiger partial charge >= 0.3 is 0 Å². The molecule has 3 amide bonds. The van der Waals surface area contributed by atoms with Crippen LogP contribution in [-0.2, 0) is 4.79 Å². The van der Waals surface area contributed by atoms with Crippen molar-refractivity contribution in [2.75, 3.05) is 33.1 Å². The van der Waals surface area contributed by atoms with E-state index in [1.807, 2.05) is 0 Å². The van der Waals surface area contributed by atoms with Gasteiger partial charge in [0, 0.05) is 25.2 Å². The second-order valence-corrected chi connectivity index (χ2v) is 5.84. The van der Waals surface area contributed by atoms with E-state index in [1.165, 1.54) is 24.1 Å². The molecule has 0 aliphatic rings. The van der Waals surface area contributed by atoms with E-state index >= 15 is 0 Å². The molecule has 0 aliphatic carbocycles. The third-order valence-corrected chi connectivity index (χ3v) is 3.62. The molecule has 27 heavy (non-hydrogen) atoms. The molecule has 0 fully saturated rings. The van der Waals surface area contributed by atoms with Gasteiger partial charge in [-0.2, -0.15) is 0 Å². The van der Waals surface area contributed by atoms with E-state index in [4.69, 9.17) is 15.2 Å². The highest BCUT2D eigenvalue weighted by Gasteiger charge is 2.14. The molecule has 0 heterocycles. The molecule has 8 nitrogen and oxygen atoms in total. The minimum Gasteiger partial charge on any atom is -0.495 e. The second kappa shape index (κ2) is 8.70. The summed E-state index contributed by atoms with van der Waals surface area (Å²) in [5, 5.41) is 2.65. The number of hydrogen-bond acceptors (Lipinski definition) is 5. The number of nitrogens with one attached hydrogen (secondary N) is 1. The van der Waals surface area contributed by atoms with E-state index < -0.39 is 11.8 Å². The Morgan fingerprint density at radius 1 is 1.07 bits per heavy atom. The van der Waals surface area contributed by atoms with Crippen LogP contribution in [0.2, 0.25) is 0 Å². The molecule has 2 aromatic carbocycles. The molecule has 0 spiro atoms. The van der Waals surface area contributed by atoms with Gasteiger partial charge in [0.2, 0.25) is 5.91 Å². The molecule has 2 aromatic rings. The normalized spacial score (nSPS) is 10.0. The lowest BCUT2D eigenvalue weighted by Gasteiger charge is -2.14. The van der Waals surface area contributed by atoms with Crippen molar-refractivity contribution in [3.05, 3.63) is 53.6 Å². The van der Waals surface area contributed by atoms with E-state index in [0.29, 0.717) is 22.7 Å². The maximum absolute atomic E-state index is 12.2. The smallest absolute Gasteiger partial charge is 0.262 e. The first-order valence-electron chi connectivity index (χ1n) is 8.04. The summed E-state index contributed by atoms with van der Waals surface area (Å²) in [7, 11) is 4.74. The van der Waals surface area contributed by atoms with Crippen molar-refractivity contribution >= 4 is 23.4 Å². The summed E-state index contributed by atoms with van der Waals surface area (Å²) >= 11 is 0. The number of nitrogens with zero attached hydrogens (tertiary/aromatic N) is 1. The fraction of sp³-hybridized carbons (Fsp3) is 0.211. The van der Waals surface area contributed by atoms with Crippen LogP contribution in [0.1, 0.15) is 20.7 Å². The summed E-state index contributed by atoms with van der Waals surface area (Å²) in [6.45, 7) is -0.294. The third-order valence-electron chi connectivity index (χ3n) is 3.62. The molecule has 0 saturated heterocycles. The topological polar surface area (TPSA) is 111 Å². The molecular formula is C19H21N3O5. The number of anilines is 1. The Bertz CT molecular complexity index is 864. The maximum Gasteiger partial charge on any atom is 0.262 e. The van der Waals surface area contributed by atoms with E-state index in [1.54, 1.807) is 44.4 Å². The largest absolute Gasteiger partial charge is 0.495 e. The van der Waals surface area contributed by atoms with Gasteiger partial charge in [-0.3, -0.25) is 14.4 Å². The summed E-state index contributed by atoms with van der Waals surface area (Å²) in [5.74, 6) is -0.490. The first kappa shape index (κ1) is 19.8. The molecule has 0 atom stereocenters. The molecule has 0 unspecified atom stereocenters. The molecule has 0 aliphatic heterocycles. The third kappa shape index (κ3) is 5.21. The van der Waals surface area contributed by atoms with Crippen molar-refractivity contribution in [2.24, 2.45) is 5.73 Å². The number of carbonyl (C=O) groups is 3. The van der Waals surface area contributed by atoms with Crippen LogP contribution in [-0.4, -0.2) is 50.4 Å². The van der Waals surface area contributed by atoms with Crippen LogP contribution in [0.4, 0.5) is 5.69 Å². The van der Waals surface area contributed by atoms with Gasteiger partial charge in [-0.15, -0.1) is 0 Å². The van der Waals surface area contributed by atoms with Gasteiger partial charge in [0.15, 0.2) is 6.61 Å². The Kier molecular flexibility index (Phi) is 6.37. The molecule has 0 aromatic heterocycles. The zero-order valence-electron chi connectivity index (χ0n) is 15.3. The van der Waals surface area contributed by atoms with Crippen molar-refractivity contribution in [3.63, 3.8) is 0 Å². The van der Waals surface area contributed by atoms with Gasteiger partial charge in [0.1, 0.15) is 11.5 Å². The number of ether oxygens (including phenoxy) is 2. The van der Waals surface area contributed by atoms with Gasteiger partial charge in [0.25, 0.3) is 11.8 Å². The van der Waals surface area contributed by atoms with Gasteiger partial charge in [-0.25, -0.2) is 0 Å². The number of nitrogens with two attached hydrogens (primary N) is 1. The number of hydrogen-bond donors (Lipinski definition) is 2. The number of primary amides is 1. The maximum atomic E-state index is 12.2. The highest BCUT2D eigenvalue weighted by molar-refractivity contribution is 5.98. The van der Waals surface area contributed by atoms with Crippen molar-refractivity contribution < 1.29 is 23.9 Å². The predicted octanol–water partition coefficient (Wildman–Crippen LogP) is 1.51. The van der Waals surface area contributed by atoms with Gasteiger partial charge in [0.05, 0.1) is 12.8 Å². The average molecular weight is 371 g/mol. The lowest BCUT2D eigenvalue weighted by molar-refractivity contribution is -0.118. The van der Waals surface area contributed by atoms with Crippen LogP contribution in [0.15, 0.2) is 42.5 Å². The summed E-state index contributed by atoms with van der Waals surface area (Å²) in [5.41, 5.74) is 6.26. The Hall–Kier alpha value is -3.55. The van der Waals surface area contributed by atoms with Crippen molar-refractivity contribution in [1.29, 1.82) is 0 Å². The van der Waals surface area contributed by atoms with Crippen LogP contribution in [0.5, 0.6) is 11.5 Å². The summed E-state index contributed by atoms with van der Waals surface area (Å²) < 4.78 is 10.6. The zero-order chi connectivity index (χ0) is 20.0. The molecule has 2 rings (SSSR count). The standard InChI is InChI=1S/C19H21N3O5/c1-22(2)19(25)13-7-8-16(26-3)15(10-13)21-17(23)11-27-14-6-4-5-12(9-14)18(20)24/h4-10H,11H2,1-3H3,(H2,20,24)(H,21,23). The highest BCUT2D eigenvalue weighted by atomic mass is 16.5. The van der Waals surface area contributed by atoms with Gasteiger partial charge in [-0.05, 0) is 36.4 Å². The molecule has 142 valence electrons. The number of methoxy groups -OCH3 is 1. The first-order valence-corrected chi connectivity index (χ1v) is 8.04. The van der Waals surface area contributed by atoms with Crippen LogP contribution >= 0.6 is 0 Å². The number of amides is 3. The van der Waals surface area contributed by atoms with E-state index in [-0.39, 0.29) is 18.1 Å². The number of carbonyl (C=O) groups excluding carboxylic acids is 3. The molecule has 3 N–H and O–H groups in total. The molecule has 0 saturated carbocycles. The monoisotopic (exact) mass is 371 g/mol. The summed E-state index contributed by atoms with van der Waals surface area (Å²) in [6, 6.07) is 11.0. The molecular weight excluding hydrogens is 350 g/mol. The van der Waals surface area contributed by atoms with Crippen molar-refractivity contribution in [1.82, 2.24) is 4.90 Å². The Morgan fingerprint density at radius 3 is 2.44 bits per heavy atom. The van der Waals surface area contributed by atoms with Crippen molar-refractivity contribution in [3.8, 4) is 11.5 Å². The molecule has 0 bridgehead atoms. The Balaban J connectivity index is 2.08. The quantitative estimate of drug-likeness (QED) is 0.766. The highest BCUT2D eigenvalue weighted by Crippen LogP contribution is 2.26. The fourth-order valence-electron chi connectivity index (χ4n) is 2.27. The fourth-order valence-corrected chi connectivity index (χ4v) is 2.27. The minimum atomic E-state index is -0.586. The zero-order valence-corrected chi connectivity index (χ0v) is 15.3. The number of rotatable bonds is 7. The Morgan fingerprint density at radius 2 is 1.81 bits per heavy atom. The SMILES string of the molecule is COc1ccc(C(=O)N(C)C)cc1NC(=O)COc1cccc(C(N)=O)c1. The van der Waals surface area contributed by atoms with E-state index in [0.717, 1.165) is 0 Å². The van der Waals surface area contributed by atoms with E-state index in [9.17, 15) is 14.4 Å². The van der Waals surface area contributed by atoms with E-state index in [2.05, 4.69) is 5.32 Å². The van der Waals surface area contributed by atoms with Gasteiger partial charge in [-0.1, -0.05) is 6.07 Å². The number of benzene rings is 2. The summed E-state index contributed by atoms with van der Waals surface area (Å²) in [4.78, 5) is 36.9. The Labute approximate surface area is 156 Å². The lowest BCUT2D eigenvalue weighted by atomic mass is 10.1. The minimum absolute atomic E-state index is 0.201. The van der Waals surface area contributed by atoms with Crippen LogP contribution in [0.25, 0.3) is 0 Å². The molecule has 0 radical (unpaired) electrons. The summed E-state index contributed by atoms with van der Waals surface area (Å²) in [6.07, 6.45) is 0. The van der Waals surface area contributed by atoms with Crippen molar-refractivity contribution in [2.45, 2.75) is 0 Å². The lowest BCUT2D eigenvalue weighted by Crippen LogP contribution is -2.23. The van der Waals surface area contributed by atoms with Crippen LogP contribution < -0.4 is 20.5 Å². The average Bonchev–Trinajstić information content (AvgIpc) is 2.65. The van der Waals surface area contributed by atoms with Crippen LogP contribution in [0, 0.1) is 0 Å². The molecule has 8 heteroatoms. The second-order valence-electron chi connectivity index (χ2n) is 5.84. The van der Waals surface area contributed by atoms with Gasteiger partial charge < -0.3 is 25.4 Å².